The molecule has 0 aromatic carbocycles. The number of hydrogen-bond donors (Lipinski definition) is 1. The summed E-state index contributed by atoms with van der Waals surface area (Å²) in [7, 11) is 0. The third kappa shape index (κ3) is 5.79. The molecule has 2 aromatic heterocycles. The van der Waals surface area contributed by atoms with E-state index in [2.05, 4.69) is 40.0 Å². The molecular weight excluding hydrogens is 388 g/mol. The molecule has 31 heavy (non-hydrogen) atoms. The van der Waals surface area contributed by atoms with Gasteiger partial charge in [0.15, 0.2) is 5.82 Å². The molecule has 7 heteroatoms. The third-order valence-electron chi connectivity index (χ3n) is 6.51. The van der Waals surface area contributed by atoms with Crippen LogP contribution >= 0.6 is 0 Å². The minimum absolute atomic E-state index is 0.170. The summed E-state index contributed by atoms with van der Waals surface area (Å²) in [5.41, 5.74) is 2.03. The monoisotopic (exact) mass is 422 g/mol. The maximum atomic E-state index is 12.5. The Morgan fingerprint density at radius 1 is 1.06 bits per heavy atom. The van der Waals surface area contributed by atoms with Gasteiger partial charge in [0.1, 0.15) is 5.82 Å². The van der Waals surface area contributed by atoms with Crippen LogP contribution in [0.3, 0.4) is 0 Å². The van der Waals surface area contributed by atoms with Crippen molar-refractivity contribution in [2.24, 2.45) is 5.92 Å². The summed E-state index contributed by atoms with van der Waals surface area (Å²) in [6.45, 7) is 8.38. The first-order valence-electron chi connectivity index (χ1n) is 11.7. The molecule has 166 valence electrons. The van der Waals surface area contributed by atoms with Crippen LogP contribution in [-0.2, 0) is 11.2 Å². The van der Waals surface area contributed by atoms with Gasteiger partial charge in [0, 0.05) is 61.9 Å². The summed E-state index contributed by atoms with van der Waals surface area (Å²) in [6.07, 6.45) is 9.10. The summed E-state index contributed by atoms with van der Waals surface area (Å²) in [5.74, 6) is 2.69. The molecule has 2 aliphatic rings. The zero-order chi connectivity index (χ0) is 21.6. The molecule has 1 amide bonds. The molecule has 2 aromatic rings. The Labute approximate surface area is 185 Å². The van der Waals surface area contributed by atoms with Gasteiger partial charge in [-0.1, -0.05) is 13.8 Å². The molecule has 1 aliphatic carbocycles. The van der Waals surface area contributed by atoms with Crippen LogP contribution in [0.2, 0.25) is 0 Å². The van der Waals surface area contributed by atoms with Crippen molar-refractivity contribution in [2.45, 2.75) is 52.0 Å². The van der Waals surface area contributed by atoms with E-state index in [0.29, 0.717) is 12.6 Å². The largest absolute Gasteiger partial charge is 0.354 e. The van der Waals surface area contributed by atoms with Gasteiger partial charge in [-0.2, -0.15) is 0 Å². The number of carbonyl (C=O) groups excluding carboxylic acids is 1. The van der Waals surface area contributed by atoms with E-state index in [1.807, 2.05) is 12.1 Å². The van der Waals surface area contributed by atoms with Crippen molar-refractivity contribution in [1.82, 2.24) is 25.2 Å². The highest BCUT2D eigenvalue weighted by Crippen LogP contribution is 2.24. The van der Waals surface area contributed by atoms with Gasteiger partial charge in [-0.3, -0.25) is 14.7 Å². The Hall–Kier alpha value is -2.54. The van der Waals surface area contributed by atoms with E-state index in [4.69, 9.17) is 9.97 Å². The molecular formula is C24H34N6O. The topological polar surface area (TPSA) is 74.2 Å². The summed E-state index contributed by atoms with van der Waals surface area (Å²) in [6, 6.07) is 6.35. The molecule has 4 rings (SSSR count). The van der Waals surface area contributed by atoms with E-state index in [-0.39, 0.29) is 5.91 Å². The minimum atomic E-state index is 0.170. The molecule has 0 atom stereocenters. The maximum absolute atomic E-state index is 12.5. The number of carbonyl (C=O) groups is 1. The summed E-state index contributed by atoms with van der Waals surface area (Å²) in [4.78, 5) is 30.7. The Morgan fingerprint density at radius 3 is 2.45 bits per heavy atom. The van der Waals surface area contributed by atoms with E-state index >= 15 is 0 Å². The Kier molecular flexibility index (Phi) is 7.12. The lowest BCUT2D eigenvalue weighted by Crippen LogP contribution is -2.51. The lowest BCUT2D eigenvalue weighted by Gasteiger charge is -2.35. The predicted molar refractivity (Wildman–Crippen MR) is 123 cm³/mol. The van der Waals surface area contributed by atoms with Gasteiger partial charge in [-0.25, -0.2) is 9.97 Å². The number of aromatic nitrogens is 3. The van der Waals surface area contributed by atoms with E-state index < -0.39 is 0 Å². The van der Waals surface area contributed by atoms with Crippen LogP contribution in [0.15, 0.2) is 30.6 Å². The molecule has 2 fully saturated rings. The van der Waals surface area contributed by atoms with Crippen LogP contribution in [0.1, 0.15) is 45.2 Å². The molecule has 1 N–H and O–H groups in total. The number of hydrogen-bond acceptors (Lipinski definition) is 6. The van der Waals surface area contributed by atoms with Crippen LogP contribution in [0, 0.1) is 5.92 Å². The summed E-state index contributed by atoms with van der Waals surface area (Å²) in [5, 5.41) is 3.25. The zero-order valence-electron chi connectivity index (χ0n) is 18.8. The Bertz CT molecular complexity index is 858. The van der Waals surface area contributed by atoms with Crippen LogP contribution < -0.4 is 10.2 Å². The van der Waals surface area contributed by atoms with Gasteiger partial charge < -0.3 is 10.2 Å². The van der Waals surface area contributed by atoms with Crippen LogP contribution in [0.5, 0.6) is 0 Å². The second-order valence-corrected chi connectivity index (χ2v) is 8.92. The van der Waals surface area contributed by atoms with Crippen molar-refractivity contribution in [3.8, 4) is 11.4 Å². The fraction of sp³-hybridized carbons (Fsp3) is 0.583. The number of nitrogens with zero attached hydrogens (tertiary/aromatic N) is 5. The van der Waals surface area contributed by atoms with Gasteiger partial charge >= 0.3 is 0 Å². The highest BCUT2D eigenvalue weighted by Gasteiger charge is 2.23. The maximum Gasteiger partial charge on any atom is 0.234 e. The van der Waals surface area contributed by atoms with Crippen molar-refractivity contribution in [3.63, 3.8) is 0 Å². The standard InChI is InChI=1S/C24H34N6O/c1-3-20-16-22(28-24(27-20)19-8-10-25-11-9-19)30-14-12-29(13-15-30)17-23(31)26-21-6-4-18(2)5-7-21/h8-11,16,18,21H,3-7,12-15,17H2,1-2H3,(H,26,31). The number of piperazine rings is 1. The average molecular weight is 423 g/mol. The van der Waals surface area contributed by atoms with Crippen molar-refractivity contribution in [1.29, 1.82) is 0 Å². The summed E-state index contributed by atoms with van der Waals surface area (Å²) >= 11 is 0. The molecule has 3 heterocycles. The normalized spacial score (nSPS) is 22.3. The van der Waals surface area contributed by atoms with Crippen LogP contribution in [0.25, 0.3) is 11.4 Å². The summed E-state index contributed by atoms with van der Waals surface area (Å²) < 4.78 is 0. The second kappa shape index (κ2) is 10.2. The van der Waals surface area contributed by atoms with Crippen LogP contribution in [-0.4, -0.2) is 64.5 Å². The highest BCUT2D eigenvalue weighted by molar-refractivity contribution is 5.78. The smallest absolute Gasteiger partial charge is 0.234 e. The van der Waals surface area contributed by atoms with E-state index in [1.54, 1.807) is 12.4 Å². The first-order valence-corrected chi connectivity index (χ1v) is 11.7. The molecule has 1 saturated carbocycles. The van der Waals surface area contributed by atoms with Crippen molar-refractivity contribution < 1.29 is 4.79 Å². The number of anilines is 1. The number of rotatable bonds is 6. The Morgan fingerprint density at radius 2 is 1.77 bits per heavy atom. The van der Waals surface area contributed by atoms with Gasteiger partial charge in [0.25, 0.3) is 0 Å². The number of aryl methyl sites for hydroxylation is 1. The SMILES string of the molecule is CCc1cc(N2CCN(CC(=O)NC3CCC(C)CC3)CC2)nc(-c2ccncc2)n1. The quantitative estimate of drug-likeness (QED) is 0.772. The molecule has 0 spiro atoms. The lowest BCUT2D eigenvalue weighted by atomic mass is 9.87. The van der Waals surface area contributed by atoms with E-state index in [0.717, 1.165) is 74.3 Å². The molecule has 0 bridgehead atoms. The zero-order valence-corrected chi connectivity index (χ0v) is 18.8. The fourth-order valence-corrected chi connectivity index (χ4v) is 4.47. The molecule has 1 aliphatic heterocycles. The number of amides is 1. The van der Waals surface area contributed by atoms with Gasteiger partial charge in [-0.15, -0.1) is 0 Å². The Balaban J connectivity index is 1.33. The van der Waals surface area contributed by atoms with E-state index in [9.17, 15) is 4.79 Å². The number of nitrogens with one attached hydrogen (secondary N) is 1. The highest BCUT2D eigenvalue weighted by atomic mass is 16.2. The second-order valence-electron chi connectivity index (χ2n) is 8.92. The predicted octanol–water partition coefficient (Wildman–Crippen LogP) is 2.92. The van der Waals surface area contributed by atoms with Gasteiger partial charge in [-0.05, 0) is 50.2 Å². The molecule has 7 nitrogen and oxygen atoms in total. The van der Waals surface area contributed by atoms with Crippen molar-refractivity contribution in [2.75, 3.05) is 37.6 Å². The molecule has 1 saturated heterocycles. The van der Waals surface area contributed by atoms with Crippen molar-refractivity contribution >= 4 is 11.7 Å². The first kappa shape index (κ1) is 21.7. The minimum Gasteiger partial charge on any atom is -0.354 e. The van der Waals surface area contributed by atoms with Crippen molar-refractivity contribution in [3.05, 3.63) is 36.3 Å². The molecule has 0 radical (unpaired) electrons. The van der Waals surface area contributed by atoms with Gasteiger partial charge in [0.2, 0.25) is 5.91 Å². The lowest BCUT2D eigenvalue weighted by molar-refractivity contribution is -0.123. The van der Waals surface area contributed by atoms with Crippen LogP contribution in [0.4, 0.5) is 5.82 Å². The molecule has 0 unspecified atom stereocenters. The third-order valence-corrected chi connectivity index (χ3v) is 6.51. The van der Waals surface area contributed by atoms with E-state index in [1.165, 1.54) is 12.8 Å². The number of pyridine rings is 1. The average Bonchev–Trinajstić information content (AvgIpc) is 2.81. The first-order chi connectivity index (χ1) is 15.1. The van der Waals surface area contributed by atoms with Gasteiger partial charge in [0.05, 0.1) is 6.54 Å². The fourth-order valence-electron chi connectivity index (χ4n) is 4.47.